The third-order valence-electron chi connectivity index (χ3n) is 6.13. The Kier molecular flexibility index (Phi) is 4.45. The molecule has 4 bridgehead atoms. The maximum absolute atomic E-state index is 12.4. The summed E-state index contributed by atoms with van der Waals surface area (Å²) in [6.07, 6.45) is 7.81. The van der Waals surface area contributed by atoms with Crippen molar-refractivity contribution >= 4 is 31.9 Å². The second-order valence-corrected chi connectivity index (χ2v) is 10.8. The molecule has 4 aliphatic carbocycles. The first-order chi connectivity index (χ1) is 11.8. The SMILES string of the molecule is O=C(CC12CC3CC(CC(C3)C1)C2)NNS(=O)(=O)c1cccc(Br)c1. The highest BCUT2D eigenvalue weighted by Gasteiger charge is 2.51. The van der Waals surface area contributed by atoms with Gasteiger partial charge in [0.1, 0.15) is 0 Å². The summed E-state index contributed by atoms with van der Waals surface area (Å²) in [7, 11) is -3.76. The lowest BCUT2D eigenvalue weighted by atomic mass is 9.49. The lowest BCUT2D eigenvalue weighted by Gasteiger charge is -2.56. The topological polar surface area (TPSA) is 75.3 Å². The molecule has 1 amide bonds. The highest BCUT2D eigenvalue weighted by Crippen LogP contribution is 2.61. The Hall–Kier alpha value is -0.920. The van der Waals surface area contributed by atoms with Crippen LogP contribution in [-0.4, -0.2) is 14.3 Å². The number of rotatable bonds is 5. The van der Waals surface area contributed by atoms with Crippen molar-refractivity contribution in [1.82, 2.24) is 10.3 Å². The van der Waals surface area contributed by atoms with Gasteiger partial charge >= 0.3 is 0 Å². The number of sulfonamides is 1. The summed E-state index contributed by atoms with van der Waals surface area (Å²) in [6, 6.07) is 6.41. The van der Waals surface area contributed by atoms with Crippen LogP contribution in [0.15, 0.2) is 33.6 Å². The van der Waals surface area contributed by atoms with Gasteiger partial charge in [-0.05, 0) is 79.9 Å². The summed E-state index contributed by atoms with van der Waals surface area (Å²) in [4.78, 5) is 14.8. The number of benzene rings is 1. The Morgan fingerprint density at radius 1 is 1.12 bits per heavy atom. The monoisotopic (exact) mass is 426 g/mol. The van der Waals surface area contributed by atoms with Crippen molar-refractivity contribution in [3.05, 3.63) is 28.7 Å². The van der Waals surface area contributed by atoms with Gasteiger partial charge in [-0.15, -0.1) is 4.83 Å². The molecular weight excluding hydrogens is 404 g/mol. The van der Waals surface area contributed by atoms with E-state index in [9.17, 15) is 13.2 Å². The number of hydrazine groups is 1. The van der Waals surface area contributed by atoms with Crippen LogP contribution < -0.4 is 10.3 Å². The molecule has 0 atom stereocenters. The molecule has 0 radical (unpaired) electrons. The number of hydrogen-bond acceptors (Lipinski definition) is 3. The molecule has 5 rings (SSSR count). The van der Waals surface area contributed by atoms with E-state index in [1.807, 2.05) is 0 Å². The summed E-state index contributed by atoms with van der Waals surface area (Å²) < 4.78 is 25.3. The second kappa shape index (κ2) is 6.35. The molecule has 0 aromatic heterocycles. The molecule has 0 heterocycles. The van der Waals surface area contributed by atoms with E-state index in [1.54, 1.807) is 12.1 Å². The van der Waals surface area contributed by atoms with Gasteiger partial charge in [0.2, 0.25) is 5.91 Å². The summed E-state index contributed by atoms with van der Waals surface area (Å²) in [5.41, 5.74) is 2.52. The van der Waals surface area contributed by atoms with E-state index in [4.69, 9.17) is 0 Å². The number of nitrogens with one attached hydrogen (secondary N) is 2. The first-order valence-electron chi connectivity index (χ1n) is 8.90. The first kappa shape index (κ1) is 17.5. The van der Waals surface area contributed by atoms with Crippen LogP contribution in [0.3, 0.4) is 0 Å². The van der Waals surface area contributed by atoms with Crippen LogP contribution in [0, 0.1) is 23.2 Å². The molecule has 0 saturated heterocycles. The van der Waals surface area contributed by atoms with Gasteiger partial charge in [-0.3, -0.25) is 10.2 Å². The number of amides is 1. The van der Waals surface area contributed by atoms with Crippen molar-refractivity contribution in [1.29, 1.82) is 0 Å². The number of carbonyl (C=O) groups is 1. The average Bonchev–Trinajstić information content (AvgIpc) is 2.51. The summed E-state index contributed by atoms with van der Waals surface area (Å²) in [5, 5.41) is 0. The second-order valence-electron chi connectivity index (χ2n) is 8.21. The number of halogens is 1. The van der Waals surface area contributed by atoms with E-state index in [0.717, 1.165) is 37.0 Å². The molecule has 0 spiro atoms. The molecule has 4 saturated carbocycles. The van der Waals surface area contributed by atoms with Crippen LogP contribution in [0.5, 0.6) is 0 Å². The fourth-order valence-corrected chi connectivity index (χ4v) is 7.17. The third kappa shape index (κ3) is 3.64. The van der Waals surface area contributed by atoms with Crippen molar-refractivity contribution in [2.24, 2.45) is 23.2 Å². The predicted molar refractivity (Wildman–Crippen MR) is 97.8 cm³/mol. The number of carbonyl (C=O) groups excluding carboxylic acids is 1. The van der Waals surface area contributed by atoms with E-state index in [1.165, 1.54) is 31.4 Å². The van der Waals surface area contributed by atoms with Gasteiger partial charge < -0.3 is 0 Å². The minimum Gasteiger partial charge on any atom is -0.278 e. The molecule has 1 aromatic carbocycles. The molecule has 25 heavy (non-hydrogen) atoms. The molecular formula is C18H23BrN2O3S. The molecule has 2 N–H and O–H groups in total. The van der Waals surface area contributed by atoms with Crippen molar-refractivity contribution in [2.45, 2.75) is 49.8 Å². The summed E-state index contributed by atoms with van der Waals surface area (Å²) in [6.45, 7) is 0. The lowest BCUT2D eigenvalue weighted by molar-refractivity contribution is -0.129. The van der Waals surface area contributed by atoms with Gasteiger partial charge in [0.25, 0.3) is 10.0 Å². The number of hydrogen-bond donors (Lipinski definition) is 2. The van der Waals surface area contributed by atoms with E-state index >= 15 is 0 Å². The van der Waals surface area contributed by atoms with Gasteiger partial charge in [0.15, 0.2) is 0 Å². The van der Waals surface area contributed by atoms with Gasteiger partial charge in [0, 0.05) is 10.9 Å². The molecule has 0 unspecified atom stereocenters. The minimum absolute atomic E-state index is 0.0973. The van der Waals surface area contributed by atoms with Crippen LogP contribution >= 0.6 is 15.9 Å². The minimum atomic E-state index is -3.76. The van der Waals surface area contributed by atoms with E-state index in [-0.39, 0.29) is 16.2 Å². The normalized spacial score (nSPS) is 33.4. The Morgan fingerprint density at radius 3 is 2.28 bits per heavy atom. The fourth-order valence-electron chi connectivity index (χ4n) is 5.71. The van der Waals surface area contributed by atoms with Crippen LogP contribution in [0.4, 0.5) is 0 Å². The zero-order valence-corrected chi connectivity index (χ0v) is 16.4. The van der Waals surface area contributed by atoms with E-state index < -0.39 is 10.0 Å². The molecule has 1 aromatic rings. The molecule has 4 aliphatic rings. The Morgan fingerprint density at radius 2 is 1.72 bits per heavy atom. The maximum atomic E-state index is 12.4. The van der Waals surface area contributed by atoms with Crippen molar-refractivity contribution in [3.8, 4) is 0 Å². The predicted octanol–water partition coefficient (Wildman–Crippen LogP) is 3.37. The Balaban J connectivity index is 1.38. The maximum Gasteiger partial charge on any atom is 0.257 e. The highest BCUT2D eigenvalue weighted by molar-refractivity contribution is 9.10. The van der Waals surface area contributed by atoms with Gasteiger partial charge in [-0.1, -0.05) is 22.0 Å². The van der Waals surface area contributed by atoms with Crippen molar-refractivity contribution < 1.29 is 13.2 Å². The van der Waals surface area contributed by atoms with Crippen LogP contribution in [0.1, 0.15) is 44.9 Å². The largest absolute Gasteiger partial charge is 0.278 e. The van der Waals surface area contributed by atoms with E-state index in [2.05, 4.69) is 26.2 Å². The molecule has 0 aliphatic heterocycles. The lowest BCUT2D eigenvalue weighted by Crippen LogP contribution is -2.50. The average molecular weight is 427 g/mol. The van der Waals surface area contributed by atoms with Crippen molar-refractivity contribution in [3.63, 3.8) is 0 Å². The summed E-state index contributed by atoms with van der Waals surface area (Å²) in [5.74, 6) is 2.10. The molecule has 4 fully saturated rings. The molecule has 7 heteroatoms. The Labute approximate surface area is 157 Å². The van der Waals surface area contributed by atoms with Gasteiger partial charge in [-0.25, -0.2) is 8.42 Å². The third-order valence-corrected chi connectivity index (χ3v) is 7.87. The van der Waals surface area contributed by atoms with Gasteiger partial charge in [0.05, 0.1) is 4.90 Å². The standard InChI is InChI=1S/C18H23BrN2O3S/c19-15-2-1-3-16(7-15)25(23,24)21-20-17(22)11-18-8-12-4-13(9-18)6-14(5-12)10-18/h1-3,7,12-14,21H,4-6,8-11H2,(H,20,22). The fraction of sp³-hybridized carbons (Fsp3) is 0.611. The van der Waals surface area contributed by atoms with Crippen LogP contribution in [0.25, 0.3) is 0 Å². The zero-order valence-electron chi connectivity index (χ0n) is 14.0. The van der Waals surface area contributed by atoms with E-state index in [0.29, 0.717) is 10.9 Å². The smallest absolute Gasteiger partial charge is 0.257 e. The quantitative estimate of drug-likeness (QED) is 0.708. The zero-order chi connectivity index (χ0) is 17.7. The first-order valence-corrected chi connectivity index (χ1v) is 11.2. The van der Waals surface area contributed by atoms with Gasteiger partial charge in [-0.2, -0.15) is 0 Å². The van der Waals surface area contributed by atoms with Crippen LogP contribution in [0.2, 0.25) is 0 Å². The summed E-state index contributed by atoms with van der Waals surface area (Å²) >= 11 is 3.26. The highest BCUT2D eigenvalue weighted by atomic mass is 79.9. The van der Waals surface area contributed by atoms with Crippen molar-refractivity contribution in [2.75, 3.05) is 0 Å². The molecule has 136 valence electrons. The Bertz CT molecular complexity index is 758. The molecule has 5 nitrogen and oxygen atoms in total. The van der Waals surface area contributed by atoms with Crippen LogP contribution in [-0.2, 0) is 14.8 Å².